The van der Waals surface area contributed by atoms with Gasteiger partial charge in [0.15, 0.2) is 5.03 Å². The Bertz CT molecular complexity index is 1640. The van der Waals surface area contributed by atoms with E-state index in [9.17, 15) is 26.4 Å². The summed E-state index contributed by atoms with van der Waals surface area (Å²) in [6.45, 7) is 10.7. The molecule has 2 aliphatic rings. The highest BCUT2D eigenvalue weighted by Gasteiger charge is 2.41. The van der Waals surface area contributed by atoms with Crippen molar-refractivity contribution < 1.29 is 26.4 Å². The lowest BCUT2D eigenvalue weighted by atomic mass is 9.90. The highest BCUT2D eigenvalue weighted by molar-refractivity contribution is 7.90. The van der Waals surface area contributed by atoms with Crippen LogP contribution in [0.15, 0.2) is 53.7 Å². The van der Waals surface area contributed by atoms with E-state index in [0.29, 0.717) is 30.9 Å². The highest BCUT2D eigenvalue weighted by atomic mass is 32.2. The molecule has 3 aromatic rings. The Balaban J connectivity index is 1.60. The number of fused-ring (bicyclic) bond motifs is 6. The molecule has 5 heterocycles. The van der Waals surface area contributed by atoms with Crippen molar-refractivity contribution in [2.75, 3.05) is 16.8 Å². The average Bonchev–Trinajstić information content (AvgIpc) is 3.23. The number of sulfonamides is 1. The topological polar surface area (TPSA) is 117 Å². The molecule has 1 fully saturated rings. The van der Waals surface area contributed by atoms with E-state index in [2.05, 4.69) is 38.8 Å². The molecule has 3 aromatic heterocycles. The van der Waals surface area contributed by atoms with Crippen molar-refractivity contribution in [3.05, 3.63) is 71.2 Å². The molecule has 13 heteroatoms. The van der Waals surface area contributed by atoms with Gasteiger partial charge in [0.05, 0.1) is 22.9 Å². The van der Waals surface area contributed by atoms with E-state index in [1.54, 1.807) is 18.2 Å². The number of halogens is 3. The minimum atomic E-state index is -4.52. The predicted molar refractivity (Wildman–Crippen MR) is 156 cm³/mol. The van der Waals surface area contributed by atoms with Gasteiger partial charge in [-0.25, -0.2) is 14.7 Å². The van der Waals surface area contributed by atoms with Crippen molar-refractivity contribution in [2.45, 2.75) is 82.1 Å². The molecular formula is C30H35F3N6O3S. The average molecular weight is 617 g/mol. The first-order valence-electron chi connectivity index (χ1n) is 14.1. The van der Waals surface area contributed by atoms with Gasteiger partial charge in [-0.3, -0.25) is 9.78 Å². The molecule has 1 saturated heterocycles. The van der Waals surface area contributed by atoms with Gasteiger partial charge in [0, 0.05) is 29.4 Å². The summed E-state index contributed by atoms with van der Waals surface area (Å²) in [5, 5.41) is 2.79. The lowest BCUT2D eigenvalue weighted by Crippen LogP contribution is -2.41. The van der Waals surface area contributed by atoms with E-state index < -0.39 is 39.3 Å². The van der Waals surface area contributed by atoms with Gasteiger partial charge in [-0.2, -0.15) is 21.6 Å². The molecule has 5 rings (SSSR count). The van der Waals surface area contributed by atoms with Crippen molar-refractivity contribution in [3.63, 3.8) is 0 Å². The summed E-state index contributed by atoms with van der Waals surface area (Å²) in [4.78, 5) is 28.8. The summed E-state index contributed by atoms with van der Waals surface area (Å²) in [6.07, 6.45) is -1.80. The molecule has 9 nitrogen and oxygen atoms in total. The fourth-order valence-corrected chi connectivity index (χ4v) is 6.67. The number of nitrogens with one attached hydrogen (secondary N) is 2. The highest BCUT2D eigenvalue weighted by Crippen LogP contribution is 2.41. The van der Waals surface area contributed by atoms with Crippen molar-refractivity contribution in [2.24, 2.45) is 5.92 Å². The second kappa shape index (κ2) is 10.8. The molecule has 2 N–H and O–H groups in total. The first-order valence-corrected chi connectivity index (χ1v) is 15.6. The first kappa shape index (κ1) is 30.7. The zero-order valence-corrected chi connectivity index (χ0v) is 25.5. The number of hydrogen-bond acceptors (Lipinski definition) is 8. The fourth-order valence-electron chi connectivity index (χ4n) is 5.73. The van der Waals surface area contributed by atoms with Gasteiger partial charge in [-0.05, 0) is 75.4 Å². The van der Waals surface area contributed by atoms with Crippen molar-refractivity contribution >= 4 is 27.6 Å². The number of alkyl halides is 3. The molecule has 0 radical (unpaired) electrons. The molecule has 0 aliphatic carbocycles. The Kier molecular flexibility index (Phi) is 7.68. The Labute approximate surface area is 249 Å². The van der Waals surface area contributed by atoms with Gasteiger partial charge in [-0.1, -0.05) is 26.8 Å². The molecule has 43 heavy (non-hydrogen) atoms. The molecule has 4 bridgehead atoms. The Morgan fingerprint density at radius 2 is 1.74 bits per heavy atom. The summed E-state index contributed by atoms with van der Waals surface area (Å²) in [5.41, 5.74) is -0.329. The molecule has 2 aliphatic heterocycles. The Hall–Kier alpha value is -3.74. The van der Waals surface area contributed by atoms with Gasteiger partial charge in [-0.15, -0.1) is 0 Å². The van der Waals surface area contributed by atoms with Crippen molar-refractivity contribution in [1.82, 2.24) is 19.7 Å². The molecule has 2 atom stereocenters. The van der Waals surface area contributed by atoms with Crippen LogP contribution in [-0.2, 0) is 21.6 Å². The van der Waals surface area contributed by atoms with E-state index in [4.69, 9.17) is 4.98 Å². The van der Waals surface area contributed by atoms with Crippen molar-refractivity contribution in [3.8, 4) is 0 Å². The zero-order valence-electron chi connectivity index (χ0n) is 24.7. The van der Waals surface area contributed by atoms with Gasteiger partial charge < -0.3 is 10.2 Å². The van der Waals surface area contributed by atoms with Crippen LogP contribution in [0.3, 0.4) is 0 Å². The van der Waals surface area contributed by atoms with Crippen LogP contribution in [0.1, 0.15) is 87.2 Å². The Morgan fingerprint density at radius 3 is 2.40 bits per heavy atom. The first-order chi connectivity index (χ1) is 19.9. The maximum Gasteiger partial charge on any atom is 0.417 e. The summed E-state index contributed by atoms with van der Waals surface area (Å²) in [7, 11) is -4.39. The number of pyridine rings is 3. The van der Waals surface area contributed by atoms with E-state index in [-0.39, 0.29) is 27.7 Å². The van der Waals surface area contributed by atoms with Gasteiger partial charge in [0.1, 0.15) is 11.6 Å². The molecule has 0 saturated carbocycles. The molecule has 230 valence electrons. The van der Waals surface area contributed by atoms with Crippen LogP contribution < -0.4 is 14.9 Å². The van der Waals surface area contributed by atoms with E-state index in [0.717, 1.165) is 24.4 Å². The molecule has 1 amide bonds. The van der Waals surface area contributed by atoms with Crippen LogP contribution in [0, 0.1) is 5.92 Å². The minimum absolute atomic E-state index is 0.140. The third-order valence-electron chi connectivity index (χ3n) is 7.99. The van der Waals surface area contributed by atoms with Gasteiger partial charge in [0.25, 0.3) is 15.9 Å². The lowest BCUT2D eigenvalue weighted by Gasteiger charge is -2.34. The second-order valence-electron chi connectivity index (χ2n) is 12.9. The van der Waals surface area contributed by atoms with Crippen LogP contribution in [0.4, 0.5) is 24.8 Å². The third-order valence-corrected chi connectivity index (χ3v) is 9.22. The maximum atomic E-state index is 13.5. The molecular weight excluding hydrogens is 581 g/mol. The van der Waals surface area contributed by atoms with Gasteiger partial charge in [0.2, 0.25) is 0 Å². The van der Waals surface area contributed by atoms with E-state index >= 15 is 0 Å². The number of carbonyl (C=O) groups excluding carboxylic acids is 1. The monoisotopic (exact) mass is 616 g/mol. The largest absolute Gasteiger partial charge is 0.417 e. The normalized spacial score (nSPS) is 22.0. The summed E-state index contributed by atoms with van der Waals surface area (Å²) in [5.74, 6) is -0.0765. The molecule has 0 aromatic carbocycles. The van der Waals surface area contributed by atoms with Crippen LogP contribution in [0.2, 0.25) is 0 Å². The third kappa shape index (κ3) is 6.46. The van der Waals surface area contributed by atoms with Crippen molar-refractivity contribution in [1.29, 1.82) is 0 Å². The number of amides is 1. The number of hydrogen-bond donors (Lipinski definition) is 2. The second-order valence-corrected chi connectivity index (χ2v) is 14.5. The minimum Gasteiger partial charge on any atom is -0.362 e. The summed E-state index contributed by atoms with van der Waals surface area (Å²) < 4.78 is 68.5. The zero-order chi connectivity index (χ0) is 31.4. The quantitative estimate of drug-likeness (QED) is 0.349. The van der Waals surface area contributed by atoms with Crippen LogP contribution in [0.25, 0.3) is 0 Å². The SMILES string of the molecule is CC(C)(C)c1ccc2c(n1)N1C[C@@H](CC[C@@H](c3ccc(C(F)(F)F)cn3)Nc3cccc(n3)S(=O)(=O)NC2=O)CC1(C)C. The Morgan fingerprint density at radius 1 is 1.00 bits per heavy atom. The number of carbonyl (C=O) groups is 1. The fraction of sp³-hybridized carbons (Fsp3) is 0.467. The number of anilines is 2. The van der Waals surface area contributed by atoms with Crippen LogP contribution >= 0.6 is 0 Å². The predicted octanol–water partition coefficient (Wildman–Crippen LogP) is 5.86. The summed E-state index contributed by atoms with van der Waals surface area (Å²) in [6, 6.07) is 9.42. The van der Waals surface area contributed by atoms with E-state index in [1.807, 2.05) is 20.8 Å². The molecule has 0 spiro atoms. The van der Waals surface area contributed by atoms with E-state index in [1.165, 1.54) is 18.2 Å². The molecule has 0 unspecified atom stereocenters. The summed E-state index contributed by atoms with van der Waals surface area (Å²) >= 11 is 0. The van der Waals surface area contributed by atoms with Crippen LogP contribution in [-0.4, -0.2) is 41.4 Å². The number of nitrogens with zero attached hydrogens (tertiary/aromatic N) is 4. The number of rotatable bonds is 1. The smallest absolute Gasteiger partial charge is 0.362 e. The van der Waals surface area contributed by atoms with Gasteiger partial charge >= 0.3 is 6.18 Å². The number of aromatic nitrogens is 3. The maximum absolute atomic E-state index is 13.5. The standard InChI is InChI=1S/C30H35F3N6O3S/c1-28(2,3)23-14-11-20-26(36-23)39-17-18(15-29(39,4)5)9-12-22(21-13-10-19(16-34-21)30(31,32)33)35-24-7-6-8-25(37-24)43(41,42)38-27(20)40/h6-8,10-11,13-14,16,18,22H,9,12,15,17H2,1-5H3,(H,35,37)(H,38,40)/t18-,22-/m0/s1. The lowest BCUT2D eigenvalue weighted by molar-refractivity contribution is -0.137. The van der Waals surface area contributed by atoms with Crippen LogP contribution in [0.5, 0.6) is 0 Å².